The number of aromatic nitrogens is 2. The first-order valence-corrected chi connectivity index (χ1v) is 9.09. The second kappa shape index (κ2) is 6.21. The van der Waals surface area contributed by atoms with Gasteiger partial charge >= 0.3 is 0 Å². The number of furan rings is 1. The topological polar surface area (TPSA) is 86.4 Å². The van der Waals surface area contributed by atoms with E-state index in [-0.39, 0.29) is 11.7 Å². The largest absolute Gasteiger partial charge is 0.497 e. The lowest BCUT2D eigenvalue weighted by atomic mass is 10.2. The van der Waals surface area contributed by atoms with Crippen molar-refractivity contribution in [3.63, 3.8) is 0 Å². The second-order valence-corrected chi connectivity index (χ2v) is 7.00. The second-order valence-electron chi connectivity index (χ2n) is 5.54. The molecule has 1 aliphatic heterocycles. The predicted octanol–water partition coefficient (Wildman–Crippen LogP) is 2.49. The molecule has 0 spiro atoms. The molecule has 0 unspecified atom stereocenters. The van der Waals surface area contributed by atoms with Crippen molar-refractivity contribution in [1.82, 2.24) is 9.78 Å². The molecule has 3 aromatic rings. The van der Waals surface area contributed by atoms with Crippen molar-refractivity contribution in [3.8, 4) is 11.4 Å². The van der Waals surface area contributed by atoms with Gasteiger partial charge in [0.05, 0.1) is 36.3 Å². The fraction of sp³-hybridized carbons (Fsp3) is 0.176. The zero-order chi connectivity index (χ0) is 17.4. The summed E-state index contributed by atoms with van der Waals surface area (Å²) in [6.07, 6.45) is 1.44. The van der Waals surface area contributed by atoms with E-state index in [9.17, 15) is 9.00 Å². The minimum absolute atomic E-state index is 0.204. The Morgan fingerprint density at radius 1 is 1.28 bits per heavy atom. The number of carbonyl (C=O) groups excluding carboxylic acids is 1. The Kier molecular flexibility index (Phi) is 3.89. The summed E-state index contributed by atoms with van der Waals surface area (Å²) in [4.78, 5) is 12.4. The van der Waals surface area contributed by atoms with Crippen LogP contribution < -0.4 is 10.1 Å². The first-order valence-electron chi connectivity index (χ1n) is 7.60. The summed E-state index contributed by atoms with van der Waals surface area (Å²) in [5.41, 5.74) is 2.31. The highest BCUT2D eigenvalue weighted by Gasteiger charge is 2.28. The monoisotopic (exact) mass is 357 g/mol. The van der Waals surface area contributed by atoms with Crippen LogP contribution in [0.4, 0.5) is 5.82 Å². The number of benzene rings is 1. The highest BCUT2D eigenvalue weighted by molar-refractivity contribution is 7.83. The molecule has 1 N–H and O–H groups in total. The quantitative estimate of drug-likeness (QED) is 0.775. The summed E-state index contributed by atoms with van der Waals surface area (Å²) < 4.78 is 23.8. The van der Waals surface area contributed by atoms with Gasteiger partial charge in [0.1, 0.15) is 11.6 Å². The average molecular weight is 357 g/mol. The fourth-order valence-electron chi connectivity index (χ4n) is 2.74. The Morgan fingerprint density at radius 3 is 2.76 bits per heavy atom. The zero-order valence-corrected chi connectivity index (χ0v) is 14.2. The lowest BCUT2D eigenvalue weighted by Gasteiger charge is -2.10. The third kappa shape index (κ3) is 2.85. The van der Waals surface area contributed by atoms with E-state index in [1.165, 1.54) is 6.26 Å². The van der Waals surface area contributed by atoms with Crippen molar-refractivity contribution in [2.75, 3.05) is 12.4 Å². The van der Waals surface area contributed by atoms with Crippen LogP contribution >= 0.6 is 0 Å². The molecule has 8 heteroatoms. The lowest BCUT2D eigenvalue weighted by molar-refractivity contribution is 0.0996. The molecule has 3 heterocycles. The maximum absolute atomic E-state index is 12.4. The van der Waals surface area contributed by atoms with Crippen LogP contribution in [0.25, 0.3) is 5.69 Å². The summed E-state index contributed by atoms with van der Waals surface area (Å²) in [5, 5.41) is 7.38. The predicted molar refractivity (Wildman–Crippen MR) is 92.3 cm³/mol. The molecule has 0 bridgehead atoms. The molecule has 0 aliphatic carbocycles. The van der Waals surface area contributed by atoms with Crippen LogP contribution in [0.15, 0.2) is 47.1 Å². The first kappa shape index (κ1) is 15.6. The van der Waals surface area contributed by atoms with Crippen molar-refractivity contribution in [3.05, 3.63) is 59.7 Å². The van der Waals surface area contributed by atoms with Gasteiger partial charge in [-0.2, -0.15) is 5.10 Å². The standard InChI is InChI=1S/C17H15N3O4S/c1-23-12-6-4-11(5-7-12)20-16(13-9-25(22)10-14(13)19-20)18-17(21)15-3-2-8-24-15/h2-8H,9-10H2,1H3,(H,18,21)/t25-/m1/s1. The number of nitrogens with one attached hydrogen (secondary N) is 1. The van der Waals surface area contributed by atoms with Crippen LogP contribution in [0.2, 0.25) is 0 Å². The summed E-state index contributed by atoms with van der Waals surface area (Å²) in [6.45, 7) is 0. The first-order chi connectivity index (χ1) is 12.2. The maximum Gasteiger partial charge on any atom is 0.292 e. The molecule has 7 nitrogen and oxygen atoms in total. The van der Waals surface area contributed by atoms with E-state index in [1.54, 1.807) is 23.9 Å². The van der Waals surface area contributed by atoms with Crippen LogP contribution in [-0.4, -0.2) is 27.0 Å². The fourth-order valence-corrected chi connectivity index (χ4v) is 4.01. The van der Waals surface area contributed by atoms with E-state index in [0.29, 0.717) is 17.3 Å². The molecule has 0 saturated heterocycles. The number of carbonyl (C=O) groups is 1. The Bertz CT molecular complexity index is 945. The number of hydrogen-bond donors (Lipinski definition) is 1. The van der Waals surface area contributed by atoms with E-state index in [1.807, 2.05) is 24.3 Å². The molecule has 1 aromatic carbocycles. The van der Waals surface area contributed by atoms with Gasteiger partial charge in [-0.25, -0.2) is 4.68 Å². The highest BCUT2D eigenvalue weighted by Crippen LogP contribution is 2.32. The zero-order valence-electron chi connectivity index (χ0n) is 13.4. The number of nitrogens with zero attached hydrogens (tertiary/aromatic N) is 2. The highest BCUT2D eigenvalue weighted by atomic mass is 32.2. The molecule has 0 saturated carbocycles. The number of amides is 1. The van der Waals surface area contributed by atoms with Gasteiger partial charge in [0.25, 0.3) is 5.91 Å². The van der Waals surface area contributed by atoms with Crippen LogP contribution in [0.1, 0.15) is 21.8 Å². The minimum Gasteiger partial charge on any atom is -0.497 e. The number of methoxy groups -OCH3 is 1. The van der Waals surface area contributed by atoms with Gasteiger partial charge in [-0.15, -0.1) is 0 Å². The number of ether oxygens (including phenoxy) is 1. The van der Waals surface area contributed by atoms with Gasteiger partial charge in [0.15, 0.2) is 5.76 Å². The summed E-state index contributed by atoms with van der Waals surface area (Å²) in [7, 11) is 0.609. The van der Waals surface area contributed by atoms with Gasteiger partial charge < -0.3 is 14.5 Å². The molecule has 4 rings (SSSR count). The smallest absolute Gasteiger partial charge is 0.292 e. The Hall–Kier alpha value is -2.87. The molecule has 1 atom stereocenters. The van der Waals surface area contributed by atoms with Crippen molar-refractivity contribution in [1.29, 1.82) is 0 Å². The van der Waals surface area contributed by atoms with E-state index >= 15 is 0 Å². The van der Waals surface area contributed by atoms with E-state index in [2.05, 4.69) is 10.4 Å². The van der Waals surface area contributed by atoms with Crippen LogP contribution in [0, 0.1) is 0 Å². The van der Waals surface area contributed by atoms with Gasteiger partial charge in [0, 0.05) is 16.4 Å². The molecule has 128 valence electrons. The van der Waals surface area contributed by atoms with Crippen molar-refractivity contribution >= 4 is 22.5 Å². The number of hydrogen-bond acceptors (Lipinski definition) is 5. The average Bonchev–Trinajstić information content (AvgIpc) is 3.33. The molecular weight excluding hydrogens is 342 g/mol. The van der Waals surface area contributed by atoms with Crippen LogP contribution in [-0.2, 0) is 22.3 Å². The summed E-state index contributed by atoms with van der Waals surface area (Å²) in [5.74, 6) is 1.84. The molecule has 2 aromatic heterocycles. The van der Waals surface area contributed by atoms with Crippen LogP contribution in [0.5, 0.6) is 5.75 Å². The Morgan fingerprint density at radius 2 is 2.08 bits per heavy atom. The molecule has 25 heavy (non-hydrogen) atoms. The summed E-state index contributed by atoms with van der Waals surface area (Å²) >= 11 is 0. The molecule has 1 amide bonds. The van der Waals surface area contributed by atoms with Crippen LogP contribution in [0.3, 0.4) is 0 Å². The van der Waals surface area contributed by atoms with E-state index in [0.717, 1.165) is 22.7 Å². The Balaban J connectivity index is 1.75. The van der Waals surface area contributed by atoms with Gasteiger partial charge in [-0.1, -0.05) is 0 Å². The number of anilines is 1. The van der Waals surface area contributed by atoms with Gasteiger partial charge in [0.2, 0.25) is 0 Å². The third-order valence-electron chi connectivity index (χ3n) is 3.96. The minimum atomic E-state index is -0.990. The number of rotatable bonds is 4. The Labute approximate surface area is 146 Å². The molecular formula is C17H15N3O4S. The van der Waals surface area contributed by atoms with Gasteiger partial charge in [-0.05, 0) is 36.4 Å². The normalized spacial score (nSPS) is 15.8. The van der Waals surface area contributed by atoms with E-state index < -0.39 is 10.8 Å². The maximum atomic E-state index is 12.4. The van der Waals surface area contributed by atoms with Crippen molar-refractivity contribution in [2.24, 2.45) is 0 Å². The lowest BCUT2D eigenvalue weighted by Crippen LogP contribution is -2.16. The van der Waals surface area contributed by atoms with Gasteiger partial charge in [-0.3, -0.25) is 9.00 Å². The SMILES string of the molecule is COc1ccc(-n2nc3c(c2NC(=O)c2ccco2)C[S@@](=O)C3)cc1. The third-order valence-corrected chi connectivity index (χ3v) is 5.17. The molecule has 1 aliphatic rings. The number of fused-ring (bicyclic) bond motifs is 1. The van der Waals surface area contributed by atoms with Crippen molar-refractivity contribution in [2.45, 2.75) is 11.5 Å². The summed E-state index contributed by atoms with van der Waals surface area (Å²) in [6, 6.07) is 10.6. The van der Waals surface area contributed by atoms with E-state index in [4.69, 9.17) is 9.15 Å². The molecule has 0 fully saturated rings. The molecule has 0 radical (unpaired) electrons. The van der Waals surface area contributed by atoms with Crippen molar-refractivity contribution < 1.29 is 18.2 Å².